The maximum Gasteiger partial charge on any atom is 0.254 e. The molecular formula is C23H38N2O6. The Morgan fingerprint density at radius 3 is 2.55 bits per heavy atom. The molecule has 0 aromatic carbocycles. The van der Waals surface area contributed by atoms with Gasteiger partial charge in [-0.2, -0.15) is 0 Å². The van der Waals surface area contributed by atoms with Crippen LogP contribution in [0.1, 0.15) is 77.7 Å². The fraction of sp³-hybridized carbons (Fsp3) is 0.739. The maximum absolute atomic E-state index is 10.3. The average Bonchev–Trinajstić information content (AvgIpc) is 3.21. The van der Waals surface area contributed by atoms with E-state index in [9.17, 15) is 15.3 Å². The Morgan fingerprint density at radius 1 is 1.26 bits per heavy atom. The first-order valence-corrected chi connectivity index (χ1v) is 11.0. The molecule has 8 nitrogen and oxygen atoms in total. The lowest BCUT2D eigenvalue weighted by molar-refractivity contribution is 0.0592. The normalized spacial score (nSPS) is 22.5. The number of nitrogens with one attached hydrogen (secondary N) is 1. The number of aliphatic hydroxyl groups excluding tert-OH is 2. The minimum atomic E-state index is -0.480. The van der Waals surface area contributed by atoms with Crippen LogP contribution in [0.2, 0.25) is 0 Å². The highest BCUT2D eigenvalue weighted by atomic mass is 16.5. The number of aromatic hydroxyl groups is 1. The Bertz CT molecular complexity index is 744. The van der Waals surface area contributed by atoms with Gasteiger partial charge in [0.25, 0.3) is 5.88 Å². The summed E-state index contributed by atoms with van der Waals surface area (Å²) in [6, 6.07) is 0. The second kappa shape index (κ2) is 11.0. The fourth-order valence-corrected chi connectivity index (χ4v) is 4.09. The van der Waals surface area contributed by atoms with Crippen molar-refractivity contribution in [2.75, 3.05) is 7.11 Å². The SMILES string of the molecule is CO/C=C1/CC(C)(CCC(O)CCCC(O)CCC(C)(C)Cc2conc2O)OC1=N. The Hall–Kier alpha value is -2.06. The Morgan fingerprint density at radius 2 is 1.94 bits per heavy atom. The van der Waals surface area contributed by atoms with Crippen molar-refractivity contribution >= 4 is 5.90 Å². The molecular weight excluding hydrogens is 400 g/mol. The van der Waals surface area contributed by atoms with Crippen molar-refractivity contribution < 1.29 is 29.3 Å². The van der Waals surface area contributed by atoms with E-state index in [0.29, 0.717) is 50.5 Å². The van der Waals surface area contributed by atoms with Crippen LogP contribution in [0.5, 0.6) is 5.88 Å². The van der Waals surface area contributed by atoms with E-state index in [1.807, 2.05) is 6.92 Å². The summed E-state index contributed by atoms with van der Waals surface area (Å²) in [5.41, 5.74) is 0.851. The standard InChI is InChI=1S/C23H38N2O6/c1-22(2,12-17-15-30-25-21(17)28)10-8-18(26)6-5-7-19(27)9-11-23(3)13-16(14-29-4)20(24)31-23/h14-15,18-19,24,26-27H,5-13H2,1-4H3,(H,25,28)/b16-14-,24-20?. The first-order valence-electron chi connectivity index (χ1n) is 11.0. The lowest BCUT2D eigenvalue weighted by Crippen LogP contribution is -2.25. The molecule has 1 aromatic heterocycles. The highest BCUT2D eigenvalue weighted by Crippen LogP contribution is 2.35. The van der Waals surface area contributed by atoms with E-state index >= 15 is 0 Å². The van der Waals surface area contributed by atoms with Gasteiger partial charge in [0.05, 0.1) is 36.7 Å². The van der Waals surface area contributed by atoms with E-state index < -0.39 is 17.8 Å². The van der Waals surface area contributed by atoms with Crippen molar-refractivity contribution in [1.82, 2.24) is 5.16 Å². The van der Waals surface area contributed by atoms with Crippen molar-refractivity contribution in [2.24, 2.45) is 5.41 Å². The second-order valence-corrected chi connectivity index (χ2v) is 9.76. The van der Waals surface area contributed by atoms with Crippen molar-refractivity contribution in [3.05, 3.63) is 23.7 Å². The number of hydrogen-bond donors (Lipinski definition) is 4. The van der Waals surface area contributed by atoms with Gasteiger partial charge in [-0.05, 0) is 68.9 Å². The Kier molecular flexibility index (Phi) is 8.94. The van der Waals surface area contributed by atoms with Crippen LogP contribution in [0.25, 0.3) is 0 Å². The third-order valence-electron chi connectivity index (χ3n) is 5.99. The molecule has 3 unspecified atom stereocenters. The second-order valence-electron chi connectivity index (χ2n) is 9.76. The number of aliphatic hydroxyl groups is 2. The molecule has 0 saturated carbocycles. The minimum Gasteiger partial charge on any atom is -0.504 e. The minimum absolute atomic E-state index is 0.0674. The molecule has 3 atom stereocenters. The Balaban J connectivity index is 1.63. The largest absolute Gasteiger partial charge is 0.504 e. The van der Waals surface area contributed by atoms with Crippen LogP contribution in [0.4, 0.5) is 0 Å². The zero-order valence-corrected chi connectivity index (χ0v) is 19.2. The van der Waals surface area contributed by atoms with Gasteiger partial charge < -0.3 is 29.3 Å². The van der Waals surface area contributed by atoms with Crippen LogP contribution >= 0.6 is 0 Å². The van der Waals surface area contributed by atoms with Crippen LogP contribution in [-0.4, -0.2) is 51.3 Å². The molecule has 0 spiro atoms. The van der Waals surface area contributed by atoms with Gasteiger partial charge in [0.1, 0.15) is 11.9 Å². The zero-order valence-electron chi connectivity index (χ0n) is 19.2. The molecule has 176 valence electrons. The highest BCUT2D eigenvalue weighted by Gasteiger charge is 2.37. The van der Waals surface area contributed by atoms with E-state index in [4.69, 9.17) is 19.4 Å². The summed E-state index contributed by atoms with van der Waals surface area (Å²) in [6.07, 6.45) is 8.11. The van der Waals surface area contributed by atoms with Crippen LogP contribution in [0, 0.1) is 10.8 Å². The summed E-state index contributed by atoms with van der Waals surface area (Å²) in [5, 5.41) is 41.7. The van der Waals surface area contributed by atoms with E-state index in [-0.39, 0.29) is 17.2 Å². The molecule has 1 fully saturated rings. The monoisotopic (exact) mass is 438 g/mol. The predicted molar refractivity (Wildman–Crippen MR) is 117 cm³/mol. The first kappa shape index (κ1) is 25.2. The molecule has 31 heavy (non-hydrogen) atoms. The molecule has 0 aliphatic carbocycles. The van der Waals surface area contributed by atoms with Gasteiger partial charge in [-0.15, -0.1) is 0 Å². The highest BCUT2D eigenvalue weighted by molar-refractivity contribution is 5.93. The first-order chi connectivity index (χ1) is 14.5. The van der Waals surface area contributed by atoms with Crippen LogP contribution in [-0.2, 0) is 15.9 Å². The number of hydrogen-bond acceptors (Lipinski definition) is 8. The molecule has 1 aliphatic rings. The van der Waals surface area contributed by atoms with Crippen LogP contribution < -0.4 is 0 Å². The van der Waals surface area contributed by atoms with Crippen LogP contribution in [0.15, 0.2) is 22.6 Å². The number of nitrogens with zero attached hydrogens (tertiary/aromatic N) is 1. The molecule has 2 heterocycles. The summed E-state index contributed by atoms with van der Waals surface area (Å²) < 4.78 is 15.4. The van der Waals surface area contributed by atoms with E-state index in [0.717, 1.165) is 18.4 Å². The molecule has 1 aromatic rings. The maximum atomic E-state index is 10.3. The van der Waals surface area contributed by atoms with Gasteiger partial charge in [-0.25, -0.2) is 0 Å². The average molecular weight is 439 g/mol. The van der Waals surface area contributed by atoms with E-state index in [2.05, 4.69) is 19.0 Å². The van der Waals surface area contributed by atoms with Gasteiger partial charge in [0.15, 0.2) is 0 Å². The Labute approximate surface area is 184 Å². The molecule has 8 heteroatoms. The molecule has 2 rings (SSSR count). The predicted octanol–water partition coefficient (Wildman–Crippen LogP) is 4.09. The number of aromatic nitrogens is 1. The molecule has 0 radical (unpaired) electrons. The molecule has 1 saturated heterocycles. The number of methoxy groups -OCH3 is 1. The smallest absolute Gasteiger partial charge is 0.254 e. The molecule has 1 aliphatic heterocycles. The summed E-state index contributed by atoms with van der Waals surface area (Å²) in [6.45, 7) is 6.14. The third kappa shape index (κ3) is 8.18. The van der Waals surface area contributed by atoms with Gasteiger partial charge in [0.2, 0.25) is 5.90 Å². The quantitative estimate of drug-likeness (QED) is 0.341. The molecule has 4 N–H and O–H groups in total. The molecule has 0 amide bonds. The van der Waals surface area contributed by atoms with E-state index in [1.165, 1.54) is 6.26 Å². The lowest BCUT2D eigenvalue weighted by atomic mass is 9.81. The topological polar surface area (TPSA) is 129 Å². The fourth-order valence-electron chi connectivity index (χ4n) is 4.09. The van der Waals surface area contributed by atoms with E-state index in [1.54, 1.807) is 13.4 Å². The van der Waals surface area contributed by atoms with Crippen molar-refractivity contribution in [3.8, 4) is 5.88 Å². The van der Waals surface area contributed by atoms with Gasteiger partial charge in [-0.1, -0.05) is 13.8 Å². The van der Waals surface area contributed by atoms with Gasteiger partial charge in [0, 0.05) is 6.42 Å². The third-order valence-corrected chi connectivity index (χ3v) is 5.99. The molecule has 0 bridgehead atoms. The van der Waals surface area contributed by atoms with Crippen molar-refractivity contribution in [2.45, 2.75) is 96.4 Å². The summed E-state index contributed by atoms with van der Waals surface area (Å²) >= 11 is 0. The number of ether oxygens (including phenoxy) is 2. The van der Waals surface area contributed by atoms with Gasteiger partial charge >= 0.3 is 0 Å². The number of rotatable bonds is 13. The van der Waals surface area contributed by atoms with Crippen LogP contribution in [0.3, 0.4) is 0 Å². The lowest BCUT2D eigenvalue weighted by Gasteiger charge is -2.25. The summed E-state index contributed by atoms with van der Waals surface area (Å²) in [4.78, 5) is 0. The van der Waals surface area contributed by atoms with Crippen molar-refractivity contribution in [1.29, 1.82) is 5.41 Å². The van der Waals surface area contributed by atoms with Crippen molar-refractivity contribution in [3.63, 3.8) is 0 Å². The zero-order chi connectivity index (χ0) is 23.1. The summed E-state index contributed by atoms with van der Waals surface area (Å²) in [7, 11) is 1.55. The summed E-state index contributed by atoms with van der Waals surface area (Å²) in [5.74, 6) is 0.0754. The van der Waals surface area contributed by atoms with Gasteiger partial charge in [-0.3, -0.25) is 5.41 Å².